The first-order valence-corrected chi connectivity index (χ1v) is 19.5. The van der Waals surface area contributed by atoms with Gasteiger partial charge < -0.3 is 0 Å². The van der Waals surface area contributed by atoms with Crippen LogP contribution in [0.4, 0.5) is 0 Å². The standard InChI is InChI=1S/C4H9.3C2H4OS.Sn/c1-4(2)3;3*1-2(3)4;/h1-3H3;3*1H3,(H,3,4);/q;;;;+3/p-3. The average Bonchev–Trinajstić information content (AvgIpc) is 1.96. The van der Waals surface area contributed by atoms with Crippen molar-refractivity contribution in [1.82, 2.24) is 0 Å². The summed E-state index contributed by atoms with van der Waals surface area (Å²) >= 11 is -3.35. The van der Waals surface area contributed by atoms with Gasteiger partial charge in [0.2, 0.25) is 0 Å². The average molecular weight is 401 g/mol. The molecule has 0 aromatic heterocycles. The van der Waals surface area contributed by atoms with Crippen LogP contribution in [0, 0.1) is 0 Å². The quantitative estimate of drug-likeness (QED) is 0.675. The monoisotopic (exact) mass is 402 g/mol. The zero-order valence-electron chi connectivity index (χ0n) is 10.9. The fourth-order valence-electron chi connectivity index (χ4n) is 1.09. The normalized spacial score (nSPS) is 12.4. The van der Waals surface area contributed by atoms with Crippen molar-refractivity contribution in [3.63, 3.8) is 0 Å². The Bertz CT molecular complexity index is 295. The Hall–Kier alpha value is 0.859. The van der Waals surface area contributed by atoms with Crippen molar-refractivity contribution in [3.05, 3.63) is 0 Å². The van der Waals surface area contributed by atoms with Gasteiger partial charge in [-0.25, -0.2) is 0 Å². The van der Waals surface area contributed by atoms with Crippen LogP contribution in [0.1, 0.15) is 41.5 Å². The predicted molar refractivity (Wildman–Crippen MR) is 80.3 cm³/mol. The number of carbonyl (C=O) groups excluding carboxylic acids is 3. The van der Waals surface area contributed by atoms with Gasteiger partial charge in [0.25, 0.3) is 0 Å². The van der Waals surface area contributed by atoms with Crippen molar-refractivity contribution in [2.24, 2.45) is 0 Å². The topological polar surface area (TPSA) is 51.2 Å². The summed E-state index contributed by atoms with van der Waals surface area (Å²) in [6, 6.07) is 0. The summed E-state index contributed by atoms with van der Waals surface area (Å²) in [5, 5.41) is -0.00493. The van der Waals surface area contributed by atoms with E-state index in [4.69, 9.17) is 0 Å². The fraction of sp³-hybridized carbons (Fsp3) is 0.700. The molecule has 0 fully saturated rings. The van der Waals surface area contributed by atoms with Crippen LogP contribution in [0.3, 0.4) is 0 Å². The summed E-state index contributed by atoms with van der Waals surface area (Å²) < 4.78 is -0.155. The number of rotatable bonds is 3. The molecule has 0 aliphatic rings. The first kappa shape index (κ1) is 17.9. The van der Waals surface area contributed by atoms with Crippen molar-refractivity contribution in [1.29, 1.82) is 0 Å². The molecule has 0 aliphatic heterocycles. The second-order valence-electron chi connectivity index (χ2n) is 4.59. The van der Waals surface area contributed by atoms with Crippen molar-refractivity contribution in [3.8, 4) is 0 Å². The molecule has 0 spiro atoms. The van der Waals surface area contributed by atoms with Crippen molar-refractivity contribution < 1.29 is 14.4 Å². The minimum atomic E-state index is -3.35. The van der Waals surface area contributed by atoms with E-state index in [1.807, 2.05) is 20.8 Å². The van der Waals surface area contributed by atoms with Crippen molar-refractivity contribution in [2.75, 3.05) is 0 Å². The van der Waals surface area contributed by atoms with E-state index in [2.05, 4.69) is 0 Å². The Labute approximate surface area is 115 Å². The number of hydrogen-bond acceptors (Lipinski definition) is 6. The molecule has 0 radical (unpaired) electrons. The van der Waals surface area contributed by atoms with E-state index in [1.165, 1.54) is 47.6 Å². The summed E-state index contributed by atoms with van der Waals surface area (Å²) in [7, 11) is 3.80. The zero-order chi connectivity index (χ0) is 13.9. The van der Waals surface area contributed by atoms with Crippen molar-refractivity contribution >= 4 is 56.4 Å². The first-order valence-electron chi connectivity index (χ1n) is 5.09. The molecule has 3 nitrogen and oxygen atoms in total. The van der Waals surface area contributed by atoms with Gasteiger partial charge in [-0.3, -0.25) is 0 Å². The van der Waals surface area contributed by atoms with E-state index in [-0.39, 0.29) is 18.8 Å². The van der Waals surface area contributed by atoms with Gasteiger partial charge >= 0.3 is 116 Å². The van der Waals surface area contributed by atoms with Gasteiger partial charge in [-0.05, 0) is 0 Å². The first-order chi connectivity index (χ1) is 7.50. The van der Waals surface area contributed by atoms with Gasteiger partial charge in [0, 0.05) is 0 Å². The molecule has 17 heavy (non-hydrogen) atoms. The van der Waals surface area contributed by atoms with Crippen LogP contribution in [-0.4, -0.2) is 29.6 Å². The van der Waals surface area contributed by atoms with Crippen LogP contribution in [0.15, 0.2) is 0 Å². The van der Waals surface area contributed by atoms with Crippen LogP contribution < -0.4 is 0 Å². The Kier molecular flexibility index (Phi) is 7.21. The molecule has 0 aromatic rings. The Balaban J connectivity index is 5.42. The maximum absolute atomic E-state index is 11.4. The molecule has 0 saturated carbocycles. The van der Waals surface area contributed by atoms with E-state index < -0.39 is 14.2 Å². The molecule has 7 heteroatoms. The fourth-order valence-corrected chi connectivity index (χ4v) is 38.6. The Morgan fingerprint density at radius 2 is 1.00 bits per heavy atom. The molecule has 0 atom stereocenters. The van der Waals surface area contributed by atoms with Crippen molar-refractivity contribution in [2.45, 2.75) is 45.0 Å². The van der Waals surface area contributed by atoms with Gasteiger partial charge in [-0.1, -0.05) is 0 Å². The van der Waals surface area contributed by atoms with E-state index in [1.54, 1.807) is 0 Å². The number of carbonyl (C=O) groups is 3. The SMILES string of the molecule is CC(=O)[S][Sn]([S]C(C)=O)([S]C(C)=O)[C](C)(C)C. The van der Waals surface area contributed by atoms with Crippen LogP contribution in [-0.2, 0) is 14.4 Å². The molecule has 0 unspecified atom stereocenters. The van der Waals surface area contributed by atoms with Crippen LogP contribution in [0.5, 0.6) is 0 Å². The third-order valence-electron chi connectivity index (χ3n) is 1.75. The van der Waals surface area contributed by atoms with Gasteiger partial charge in [-0.2, -0.15) is 0 Å². The molecular formula is C10H18O3S3Sn. The molecule has 0 bridgehead atoms. The van der Waals surface area contributed by atoms with Crippen LogP contribution >= 0.6 is 26.8 Å². The van der Waals surface area contributed by atoms with Crippen LogP contribution in [0.25, 0.3) is 0 Å². The van der Waals surface area contributed by atoms with E-state index in [0.717, 1.165) is 0 Å². The van der Waals surface area contributed by atoms with E-state index >= 15 is 0 Å². The molecule has 98 valence electrons. The van der Waals surface area contributed by atoms with Gasteiger partial charge in [0.1, 0.15) is 0 Å². The maximum atomic E-state index is 11.4. The second kappa shape index (κ2) is 6.86. The van der Waals surface area contributed by atoms with E-state index in [9.17, 15) is 14.4 Å². The van der Waals surface area contributed by atoms with E-state index in [0.29, 0.717) is 0 Å². The molecule has 0 aromatic carbocycles. The Morgan fingerprint density at radius 3 is 1.12 bits per heavy atom. The third-order valence-corrected chi connectivity index (χ3v) is 45.3. The number of hydrogen-bond donors (Lipinski definition) is 0. The molecule has 0 amide bonds. The van der Waals surface area contributed by atoms with Gasteiger partial charge in [0.15, 0.2) is 0 Å². The Morgan fingerprint density at radius 1 is 0.765 bits per heavy atom. The molecule has 0 heterocycles. The summed E-state index contributed by atoms with van der Waals surface area (Å²) in [6.45, 7) is 10.6. The third kappa shape index (κ3) is 6.02. The molecular weight excluding hydrogens is 383 g/mol. The van der Waals surface area contributed by atoms with Gasteiger partial charge in [0.05, 0.1) is 0 Å². The summed E-state index contributed by atoms with van der Waals surface area (Å²) in [5.74, 6) is 0. The molecule has 0 rings (SSSR count). The second-order valence-corrected chi connectivity index (χ2v) is 37.1. The summed E-state index contributed by atoms with van der Waals surface area (Å²) in [4.78, 5) is 34.3. The molecule has 0 saturated heterocycles. The predicted octanol–water partition coefficient (Wildman–Crippen LogP) is 3.56. The zero-order valence-corrected chi connectivity index (χ0v) is 16.3. The van der Waals surface area contributed by atoms with Crippen LogP contribution in [0.2, 0.25) is 3.43 Å². The van der Waals surface area contributed by atoms with Gasteiger partial charge in [-0.15, -0.1) is 0 Å². The minimum absolute atomic E-state index is 0.00164. The molecule has 0 aliphatic carbocycles. The summed E-state index contributed by atoms with van der Waals surface area (Å²) in [5.41, 5.74) is 0. The summed E-state index contributed by atoms with van der Waals surface area (Å²) in [6.07, 6.45) is 0. The molecule has 0 N–H and O–H groups in total.